The lowest BCUT2D eigenvalue weighted by atomic mass is 9.67. The van der Waals surface area contributed by atoms with Gasteiger partial charge in [-0.25, -0.2) is 4.79 Å². The summed E-state index contributed by atoms with van der Waals surface area (Å²) >= 11 is 0. The van der Waals surface area contributed by atoms with E-state index in [1.165, 1.54) is 12.7 Å². The Hall–Kier alpha value is -1.94. The van der Waals surface area contributed by atoms with Crippen molar-refractivity contribution in [2.24, 2.45) is 17.8 Å². The summed E-state index contributed by atoms with van der Waals surface area (Å²) in [5.41, 5.74) is 3.19. The van der Waals surface area contributed by atoms with Gasteiger partial charge in [0.15, 0.2) is 6.10 Å². The van der Waals surface area contributed by atoms with Crippen LogP contribution in [0.1, 0.15) is 32.1 Å². The number of pyridine rings is 1. The number of aromatic nitrogens is 1. The minimum Gasteiger partial charge on any atom is -0.467 e. The molecule has 0 unspecified atom stereocenters. The lowest BCUT2D eigenvalue weighted by molar-refractivity contribution is -0.154. The van der Waals surface area contributed by atoms with Crippen molar-refractivity contribution in [3.05, 3.63) is 53.9 Å². The van der Waals surface area contributed by atoms with Gasteiger partial charge in [-0.2, -0.15) is 0 Å². The van der Waals surface area contributed by atoms with Gasteiger partial charge in [0.25, 0.3) is 0 Å². The molecular formula is C19H23NO3. The number of hydrogen-bond acceptors (Lipinski definition) is 4. The number of allylic oxidation sites excluding steroid dienone is 2. The highest BCUT2D eigenvalue weighted by molar-refractivity contribution is 5.76. The summed E-state index contributed by atoms with van der Waals surface area (Å²) in [6, 6.07) is 5.80. The first-order chi connectivity index (χ1) is 11.0. The molecule has 122 valence electrons. The molecule has 0 radical (unpaired) electrons. The molecule has 1 aliphatic carbocycles. The highest BCUT2D eigenvalue weighted by atomic mass is 16.6. The molecule has 0 N–H and O–H groups in total. The van der Waals surface area contributed by atoms with Crippen LogP contribution in [-0.4, -0.2) is 24.2 Å². The monoisotopic (exact) mass is 313 g/mol. The molecule has 3 rings (SSSR count). The van der Waals surface area contributed by atoms with Gasteiger partial charge in [-0.3, -0.25) is 4.98 Å². The van der Waals surface area contributed by atoms with Crippen molar-refractivity contribution >= 4 is 5.97 Å². The number of rotatable bonds is 3. The molecule has 0 saturated carbocycles. The van der Waals surface area contributed by atoms with Crippen LogP contribution in [0.25, 0.3) is 0 Å². The lowest BCUT2D eigenvalue weighted by Gasteiger charge is -2.35. The summed E-state index contributed by atoms with van der Waals surface area (Å²) in [6.07, 6.45) is 4.12. The maximum Gasteiger partial charge on any atom is 0.335 e. The third-order valence-electron chi connectivity index (χ3n) is 5.11. The van der Waals surface area contributed by atoms with Crippen LogP contribution in [0.15, 0.2) is 48.2 Å². The third-order valence-corrected chi connectivity index (χ3v) is 5.11. The average molecular weight is 313 g/mol. The topological polar surface area (TPSA) is 48.4 Å². The third kappa shape index (κ3) is 2.72. The highest BCUT2D eigenvalue weighted by Crippen LogP contribution is 2.53. The van der Waals surface area contributed by atoms with E-state index in [1.54, 1.807) is 6.20 Å². The molecule has 0 bridgehead atoms. The van der Waals surface area contributed by atoms with Crippen molar-refractivity contribution in [1.29, 1.82) is 0 Å². The van der Waals surface area contributed by atoms with Crippen molar-refractivity contribution in [3.8, 4) is 0 Å². The summed E-state index contributed by atoms with van der Waals surface area (Å²) in [6.45, 7) is 8.29. The Bertz CT molecular complexity index is 637. The summed E-state index contributed by atoms with van der Waals surface area (Å²) in [7, 11) is 1.41. The van der Waals surface area contributed by atoms with E-state index in [2.05, 4.69) is 31.5 Å². The standard InChI is InChI=1S/C19H23NO3/c1-11(2)13-9-8-12(3)15-16(13)17(14-7-5-6-10-20-14)23-18(15)19(21)22-4/h5-8,10,13,15-18H,1,9H2,2-4H3/t13-,15+,16-,17+,18+/m1/s1. The molecule has 23 heavy (non-hydrogen) atoms. The smallest absolute Gasteiger partial charge is 0.335 e. The van der Waals surface area contributed by atoms with E-state index in [4.69, 9.17) is 9.47 Å². The number of esters is 1. The first kappa shape index (κ1) is 15.9. The Labute approximate surface area is 137 Å². The van der Waals surface area contributed by atoms with Crippen LogP contribution in [0.4, 0.5) is 0 Å². The molecule has 0 amide bonds. The second-order valence-electron chi connectivity index (χ2n) is 6.49. The van der Waals surface area contributed by atoms with Gasteiger partial charge in [0, 0.05) is 18.0 Å². The van der Waals surface area contributed by atoms with Crippen molar-refractivity contribution in [2.75, 3.05) is 7.11 Å². The fraction of sp³-hybridized carbons (Fsp3) is 0.474. The molecule has 2 heterocycles. The summed E-state index contributed by atoms with van der Waals surface area (Å²) in [5.74, 6) is 0.153. The Morgan fingerprint density at radius 2 is 2.22 bits per heavy atom. The molecule has 1 aromatic rings. The Morgan fingerprint density at radius 3 is 2.83 bits per heavy atom. The van der Waals surface area contributed by atoms with Crippen molar-refractivity contribution in [2.45, 2.75) is 32.5 Å². The van der Waals surface area contributed by atoms with Gasteiger partial charge in [0.05, 0.1) is 12.8 Å². The van der Waals surface area contributed by atoms with E-state index >= 15 is 0 Å². The van der Waals surface area contributed by atoms with Gasteiger partial charge in [-0.15, -0.1) is 0 Å². The number of nitrogens with zero attached hydrogens (tertiary/aromatic N) is 1. The van der Waals surface area contributed by atoms with E-state index in [-0.39, 0.29) is 29.8 Å². The van der Waals surface area contributed by atoms with Crippen molar-refractivity contribution in [1.82, 2.24) is 4.98 Å². The van der Waals surface area contributed by atoms with E-state index in [0.717, 1.165) is 17.7 Å². The molecule has 1 saturated heterocycles. The predicted octanol–water partition coefficient (Wildman–Crippen LogP) is 3.47. The number of hydrogen-bond donors (Lipinski definition) is 0. The molecule has 5 atom stereocenters. The van der Waals surface area contributed by atoms with E-state index in [9.17, 15) is 4.79 Å². The van der Waals surface area contributed by atoms with Crippen LogP contribution < -0.4 is 0 Å². The number of methoxy groups -OCH3 is 1. The maximum absolute atomic E-state index is 12.3. The molecule has 1 fully saturated rings. The van der Waals surface area contributed by atoms with E-state index < -0.39 is 6.10 Å². The van der Waals surface area contributed by atoms with Crippen LogP contribution in [0.3, 0.4) is 0 Å². The SMILES string of the molecule is C=C(C)[C@H]1CC=C(C)[C@H]2[C@@H]1[C@H](c1ccccn1)O[C@@H]2C(=O)OC. The van der Waals surface area contributed by atoms with Crippen molar-refractivity contribution in [3.63, 3.8) is 0 Å². The van der Waals surface area contributed by atoms with Crippen LogP contribution >= 0.6 is 0 Å². The van der Waals surface area contributed by atoms with Gasteiger partial charge in [-0.1, -0.05) is 29.9 Å². The molecule has 4 nitrogen and oxygen atoms in total. The van der Waals surface area contributed by atoms with Crippen molar-refractivity contribution < 1.29 is 14.3 Å². The fourth-order valence-corrected chi connectivity index (χ4v) is 3.99. The number of fused-ring (bicyclic) bond motifs is 1. The minimum absolute atomic E-state index is 0.0184. The fourth-order valence-electron chi connectivity index (χ4n) is 3.99. The molecule has 1 aliphatic heterocycles. The Morgan fingerprint density at radius 1 is 1.43 bits per heavy atom. The molecular weight excluding hydrogens is 290 g/mol. The van der Waals surface area contributed by atoms with Crippen LogP contribution in [0.2, 0.25) is 0 Å². The van der Waals surface area contributed by atoms with Gasteiger partial charge in [0.1, 0.15) is 6.10 Å². The zero-order valence-electron chi connectivity index (χ0n) is 13.9. The Kier molecular flexibility index (Phi) is 4.35. The number of carbonyl (C=O) groups is 1. The first-order valence-electron chi connectivity index (χ1n) is 8.01. The predicted molar refractivity (Wildman–Crippen MR) is 87.5 cm³/mol. The lowest BCUT2D eigenvalue weighted by Crippen LogP contribution is -2.35. The van der Waals surface area contributed by atoms with Gasteiger partial charge in [-0.05, 0) is 38.3 Å². The average Bonchev–Trinajstić information content (AvgIpc) is 2.96. The van der Waals surface area contributed by atoms with E-state index in [1.807, 2.05) is 18.2 Å². The zero-order chi connectivity index (χ0) is 16.6. The number of carbonyl (C=O) groups excluding carboxylic acids is 1. The molecule has 0 spiro atoms. The number of ether oxygens (including phenoxy) is 2. The maximum atomic E-state index is 12.3. The summed E-state index contributed by atoms with van der Waals surface area (Å²) in [4.78, 5) is 16.7. The minimum atomic E-state index is -0.574. The molecule has 2 aliphatic rings. The molecule has 0 aromatic carbocycles. The first-order valence-corrected chi connectivity index (χ1v) is 8.01. The quantitative estimate of drug-likeness (QED) is 0.633. The van der Waals surface area contributed by atoms with Crippen LogP contribution in [0.5, 0.6) is 0 Å². The zero-order valence-corrected chi connectivity index (χ0v) is 13.9. The van der Waals surface area contributed by atoms with Crippen LogP contribution in [-0.2, 0) is 14.3 Å². The largest absolute Gasteiger partial charge is 0.467 e. The van der Waals surface area contributed by atoms with Crippen LogP contribution in [0, 0.1) is 17.8 Å². The highest BCUT2D eigenvalue weighted by Gasteiger charge is 2.53. The normalized spacial score (nSPS) is 32.8. The van der Waals surface area contributed by atoms with Gasteiger partial charge < -0.3 is 9.47 Å². The molecule has 1 aromatic heterocycles. The summed E-state index contributed by atoms with van der Waals surface area (Å²) < 4.78 is 11.2. The molecule has 4 heteroatoms. The second kappa shape index (κ2) is 6.28. The Balaban J connectivity index is 2.05. The van der Waals surface area contributed by atoms with E-state index in [0.29, 0.717) is 0 Å². The van der Waals surface area contributed by atoms with Gasteiger partial charge in [0.2, 0.25) is 0 Å². The van der Waals surface area contributed by atoms with Gasteiger partial charge >= 0.3 is 5.97 Å². The summed E-state index contributed by atoms with van der Waals surface area (Å²) in [5, 5.41) is 0. The second-order valence-corrected chi connectivity index (χ2v) is 6.49.